The number of rotatable bonds is 8. The molecule has 1 aliphatic carbocycles. The molecule has 8 nitrogen and oxygen atoms in total. The molecule has 0 bridgehead atoms. The van der Waals surface area contributed by atoms with Gasteiger partial charge in [0.2, 0.25) is 0 Å². The summed E-state index contributed by atoms with van der Waals surface area (Å²) in [6.07, 6.45) is 4.84. The van der Waals surface area contributed by atoms with Gasteiger partial charge in [-0.05, 0) is 37.9 Å². The third-order valence-corrected chi connectivity index (χ3v) is 7.59. The highest BCUT2D eigenvalue weighted by Crippen LogP contribution is 2.34. The zero-order chi connectivity index (χ0) is 25.9. The lowest BCUT2D eigenvalue weighted by atomic mass is 9.84. The molecule has 0 amide bonds. The van der Waals surface area contributed by atoms with Crippen LogP contribution < -0.4 is 5.73 Å². The molecular formula is C29H34N4O4. The summed E-state index contributed by atoms with van der Waals surface area (Å²) in [6, 6.07) is 17.6. The number of hydrogen-bond donors (Lipinski definition) is 1. The molecule has 5 rings (SSSR count). The minimum absolute atomic E-state index is 0.0523. The molecular weight excluding hydrogens is 468 g/mol. The Hall–Kier alpha value is -3.78. The third-order valence-electron chi connectivity index (χ3n) is 7.59. The molecule has 2 aliphatic rings. The fourth-order valence-electron chi connectivity index (χ4n) is 5.45. The van der Waals surface area contributed by atoms with Crippen LogP contribution in [0.3, 0.4) is 0 Å². The molecule has 8 heteroatoms. The number of ketones is 1. The van der Waals surface area contributed by atoms with Crippen molar-refractivity contribution in [2.24, 2.45) is 18.7 Å². The van der Waals surface area contributed by atoms with E-state index in [0.29, 0.717) is 19.5 Å². The van der Waals surface area contributed by atoms with Crippen molar-refractivity contribution >= 4 is 22.8 Å². The van der Waals surface area contributed by atoms with Crippen molar-refractivity contribution in [1.82, 2.24) is 14.4 Å². The predicted octanol–water partition coefficient (Wildman–Crippen LogP) is 4.56. The molecule has 2 heterocycles. The van der Waals surface area contributed by atoms with Crippen molar-refractivity contribution in [3.63, 3.8) is 0 Å². The van der Waals surface area contributed by atoms with Gasteiger partial charge in [-0.25, -0.2) is 4.79 Å². The van der Waals surface area contributed by atoms with Gasteiger partial charge < -0.3 is 29.6 Å². The number of ether oxygens (including phenoxy) is 2. The number of aryl methyl sites for hydroxylation is 1. The number of para-hydroxylation sites is 1. The van der Waals surface area contributed by atoms with Crippen LogP contribution in [-0.4, -0.2) is 52.3 Å². The Morgan fingerprint density at radius 2 is 1.81 bits per heavy atom. The highest BCUT2D eigenvalue weighted by molar-refractivity contribution is 6.11. The van der Waals surface area contributed by atoms with E-state index >= 15 is 0 Å². The highest BCUT2D eigenvalue weighted by Gasteiger charge is 2.35. The Kier molecular flexibility index (Phi) is 7.19. The van der Waals surface area contributed by atoms with Gasteiger partial charge in [-0.3, -0.25) is 4.79 Å². The van der Waals surface area contributed by atoms with E-state index in [1.807, 2.05) is 79.8 Å². The average molecular weight is 503 g/mol. The van der Waals surface area contributed by atoms with Crippen LogP contribution in [0.1, 0.15) is 47.5 Å². The quantitative estimate of drug-likeness (QED) is 0.452. The number of nitrogens with zero attached hydrogens (tertiary/aromatic N) is 3. The molecule has 3 aromatic rings. The number of nitrogens with two attached hydrogens (primary N) is 1. The first-order valence-electron chi connectivity index (χ1n) is 12.9. The Morgan fingerprint density at radius 1 is 1.08 bits per heavy atom. The first-order valence-corrected chi connectivity index (χ1v) is 12.9. The van der Waals surface area contributed by atoms with Gasteiger partial charge in [0.1, 0.15) is 12.3 Å². The minimum atomic E-state index is -0.729. The third kappa shape index (κ3) is 4.93. The van der Waals surface area contributed by atoms with Gasteiger partial charge in [0.25, 0.3) is 0 Å². The summed E-state index contributed by atoms with van der Waals surface area (Å²) in [5.74, 6) is 0.128. The molecule has 0 saturated heterocycles. The van der Waals surface area contributed by atoms with E-state index < -0.39 is 12.3 Å². The second-order valence-electron chi connectivity index (χ2n) is 9.76. The monoisotopic (exact) mass is 502 g/mol. The van der Waals surface area contributed by atoms with Gasteiger partial charge in [0, 0.05) is 60.5 Å². The molecule has 0 saturated carbocycles. The molecule has 2 N–H and O–H groups in total. The van der Waals surface area contributed by atoms with Crippen molar-refractivity contribution in [2.75, 3.05) is 19.8 Å². The molecule has 0 radical (unpaired) electrons. The maximum Gasteiger partial charge on any atom is 0.510 e. The van der Waals surface area contributed by atoms with E-state index in [1.165, 1.54) is 0 Å². The van der Waals surface area contributed by atoms with Crippen LogP contribution in [0.15, 0.2) is 67.0 Å². The second-order valence-corrected chi connectivity index (χ2v) is 9.76. The smallest absolute Gasteiger partial charge is 0.426 e. The van der Waals surface area contributed by atoms with Crippen molar-refractivity contribution in [3.05, 3.63) is 83.8 Å². The molecule has 2 aromatic carbocycles. The summed E-state index contributed by atoms with van der Waals surface area (Å²) in [5.41, 5.74) is 9.70. The van der Waals surface area contributed by atoms with Gasteiger partial charge in [-0.1, -0.05) is 48.5 Å². The summed E-state index contributed by atoms with van der Waals surface area (Å²) < 4.78 is 13.1. The maximum absolute atomic E-state index is 13.5. The van der Waals surface area contributed by atoms with Crippen LogP contribution in [0.2, 0.25) is 0 Å². The van der Waals surface area contributed by atoms with Crippen LogP contribution >= 0.6 is 0 Å². The van der Waals surface area contributed by atoms with Crippen LogP contribution in [-0.2, 0) is 22.9 Å². The number of fused-ring (bicyclic) bond motifs is 3. The first kappa shape index (κ1) is 24.9. The summed E-state index contributed by atoms with van der Waals surface area (Å²) in [6.45, 7) is 3.11. The average Bonchev–Trinajstić information content (AvgIpc) is 3.41. The fourth-order valence-corrected chi connectivity index (χ4v) is 5.45. The van der Waals surface area contributed by atoms with Crippen LogP contribution in [0, 0.1) is 5.92 Å². The number of benzene rings is 2. The van der Waals surface area contributed by atoms with Crippen LogP contribution in [0.5, 0.6) is 0 Å². The summed E-state index contributed by atoms with van der Waals surface area (Å²) in [7, 11) is 2.04. The zero-order valence-corrected chi connectivity index (χ0v) is 21.4. The number of hydrogen-bond acceptors (Lipinski definition) is 7. The molecule has 3 unspecified atom stereocenters. The molecule has 0 fully saturated rings. The van der Waals surface area contributed by atoms with Crippen LogP contribution in [0.4, 0.5) is 4.79 Å². The Labute approximate surface area is 217 Å². The SMILES string of the molecule is CC1N(COC(=O)OC(CCN)c2ccccc2)C=CN1CC1CCc2c(c3ccccc3n2C)C1=O. The minimum Gasteiger partial charge on any atom is -0.426 e. The zero-order valence-electron chi connectivity index (χ0n) is 21.4. The fraction of sp³-hybridized carbons (Fsp3) is 0.379. The van der Waals surface area contributed by atoms with Crippen molar-refractivity contribution in [1.29, 1.82) is 0 Å². The number of Topliss-reactive ketones (excluding diaryl/α,β-unsaturated/α-hetero) is 1. The molecule has 0 spiro atoms. The first-order chi connectivity index (χ1) is 18.0. The molecule has 1 aromatic heterocycles. The normalized spacial score (nSPS) is 19.8. The maximum atomic E-state index is 13.5. The van der Waals surface area contributed by atoms with Gasteiger partial charge in [-0.15, -0.1) is 0 Å². The summed E-state index contributed by atoms with van der Waals surface area (Å²) >= 11 is 0. The molecule has 37 heavy (non-hydrogen) atoms. The van der Waals surface area contributed by atoms with E-state index in [9.17, 15) is 9.59 Å². The Bertz CT molecular complexity index is 1300. The van der Waals surface area contributed by atoms with E-state index in [1.54, 1.807) is 0 Å². The Morgan fingerprint density at radius 3 is 2.59 bits per heavy atom. The molecule has 1 aliphatic heterocycles. The molecule has 194 valence electrons. The predicted molar refractivity (Wildman–Crippen MR) is 141 cm³/mol. The van der Waals surface area contributed by atoms with E-state index in [0.717, 1.165) is 40.6 Å². The van der Waals surface area contributed by atoms with Gasteiger partial charge in [-0.2, -0.15) is 0 Å². The van der Waals surface area contributed by atoms with Gasteiger partial charge >= 0.3 is 6.16 Å². The lowest BCUT2D eigenvalue weighted by molar-refractivity contribution is -0.0146. The van der Waals surface area contributed by atoms with Gasteiger partial charge in [0.15, 0.2) is 12.5 Å². The van der Waals surface area contributed by atoms with E-state index in [4.69, 9.17) is 15.2 Å². The number of carbonyl (C=O) groups is 2. The second kappa shape index (κ2) is 10.7. The van der Waals surface area contributed by atoms with Crippen LogP contribution in [0.25, 0.3) is 10.9 Å². The topological polar surface area (TPSA) is 90.0 Å². The largest absolute Gasteiger partial charge is 0.510 e. The van der Waals surface area contributed by atoms with E-state index in [2.05, 4.69) is 15.5 Å². The van der Waals surface area contributed by atoms with Crippen molar-refractivity contribution in [3.8, 4) is 0 Å². The standard InChI is InChI=1S/C29H34N4O4/c1-20-32(18-22-12-13-25-27(28(22)34)23-10-6-7-11-24(23)31(25)2)16-17-33(20)19-36-29(35)37-26(14-15-30)21-8-4-3-5-9-21/h3-11,16-17,20,22,26H,12-15,18-19,30H2,1-2H3. The lowest BCUT2D eigenvalue weighted by Crippen LogP contribution is -2.42. The van der Waals surface area contributed by atoms with Crippen molar-refractivity contribution < 1.29 is 19.1 Å². The van der Waals surface area contributed by atoms with E-state index in [-0.39, 0.29) is 24.6 Å². The lowest BCUT2D eigenvalue weighted by Gasteiger charge is -2.33. The highest BCUT2D eigenvalue weighted by atomic mass is 16.7. The molecule has 3 atom stereocenters. The number of aromatic nitrogens is 1. The summed E-state index contributed by atoms with van der Waals surface area (Å²) in [5, 5.41) is 1.04. The summed E-state index contributed by atoms with van der Waals surface area (Å²) in [4.78, 5) is 30.0. The van der Waals surface area contributed by atoms with Gasteiger partial charge in [0.05, 0.1) is 0 Å². The number of carbonyl (C=O) groups excluding carboxylic acids is 2. The Balaban J connectivity index is 1.17. The van der Waals surface area contributed by atoms with Crippen molar-refractivity contribution in [2.45, 2.75) is 38.5 Å².